The summed E-state index contributed by atoms with van der Waals surface area (Å²) in [6.07, 6.45) is 1.63. The number of rotatable bonds is 6. The molecule has 0 aliphatic carbocycles. The number of aromatic nitrogens is 2. The van der Waals surface area contributed by atoms with E-state index in [1.54, 1.807) is 37.6 Å². The molecule has 27 heavy (non-hydrogen) atoms. The molecule has 140 valence electrons. The lowest BCUT2D eigenvalue weighted by Crippen LogP contribution is -2.39. The first-order valence-electron chi connectivity index (χ1n) is 8.52. The largest absolute Gasteiger partial charge is 0.383 e. The molecule has 0 fully saturated rings. The zero-order chi connectivity index (χ0) is 19.4. The minimum atomic E-state index is -0.430. The number of nitrogens with one attached hydrogen (secondary N) is 1. The number of carbonyl (C=O) groups is 1. The van der Waals surface area contributed by atoms with E-state index in [0.717, 1.165) is 10.9 Å². The number of carbonyl (C=O) groups excluding carboxylic acids is 1. The topological polar surface area (TPSA) is 73.2 Å². The predicted octanol–water partition coefficient (Wildman–Crippen LogP) is 2.86. The van der Waals surface area contributed by atoms with Crippen LogP contribution in [0.25, 0.3) is 11.0 Å². The zero-order valence-corrected chi connectivity index (χ0v) is 15.9. The summed E-state index contributed by atoms with van der Waals surface area (Å²) in [5.41, 5.74) is 1.10. The molecule has 0 aliphatic rings. The van der Waals surface area contributed by atoms with Gasteiger partial charge in [-0.3, -0.25) is 14.2 Å². The van der Waals surface area contributed by atoms with Gasteiger partial charge in [-0.25, -0.2) is 4.98 Å². The summed E-state index contributed by atoms with van der Waals surface area (Å²) in [7, 11) is 1.56. The Morgan fingerprint density at radius 3 is 2.74 bits per heavy atom. The van der Waals surface area contributed by atoms with Crippen LogP contribution in [0.15, 0.2) is 53.5 Å². The van der Waals surface area contributed by atoms with E-state index in [0.29, 0.717) is 17.3 Å². The third kappa shape index (κ3) is 4.35. The Hall–Kier alpha value is -2.70. The van der Waals surface area contributed by atoms with Crippen molar-refractivity contribution >= 4 is 28.5 Å². The van der Waals surface area contributed by atoms with Gasteiger partial charge in [0, 0.05) is 29.8 Å². The van der Waals surface area contributed by atoms with E-state index in [1.165, 1.54) is 4.57 Å². The summed E-state index contributed by atoms with van der Waals surface area (Å²) in [5.74, 6) is -0.430. The molecule has 0 saturated carbocycles. The summed E-state index contributed by atoms with van der Waals surface area (Å²) < 4.78 is 6.54. The molecule has 3 aromatic rings. The fourth-order valence-corrected chi connectivity index (χ4v) is 3.01. The van der Waals surface area contributed by atoms with Crippen molar-refractivity contribution in [3.8, 4) is 0 Å². The van der Waals surface area contributed by atoms with Crippen molar-refractivity contribution in [3.05, 3.63) is 75.2 Å². The lowest BCUT2D eigenvalue weighted by atomic mass is 10.1. The number of pyridine rings is 2. The number of hydrogen-bond donors (Lipinski definition) is 1. The highest BCUT2D eigenvalue weighted by molar-refractivity contribution is 6.30. The molecule has 1 aromatic carbocycles. The second kappa shape index (κ2) is 8.33. The molecule has 6 nitrogen and oxygen atoms in total. The zero-order valence-electron chi connectivity index (χ0n) is 15.1. The average Bonchev–Trinajstić information content (AvgIpc) is 2.65. The smallest absolute Gasteiger partial charge is 0.265 e. The molecule has 0 radical (unpaired) electrons. The fourth-order valence-electron chi connectivity index (χ4n) is 2.88. The highest BCUT2D eigenvalue weighted by Crippen LogP contribution is 2.15. The Morgan fingerprint density at radius 1 is 1.30 bits per heavy atom. The Labute approximate surface area is 161 Å². The van der Waals surface area contributed by atoms with E-state index in [9.17, 15) is 9.59 Å². The van der Waals surface area contributed by atoms with Crippen molar-refractivity contribution in [2.75, 3.05) is 13.7 Å². The number of ether oxygens (including phenoxy) is 1. The van der Waals surface area contributed by atoms with Crippen LogP contribution in [0.2, 0.25) is 5.02 Å². The van der Waals surface area contributed by atoms with Crippen molar-refractivity contribution < 1.29 is 9.53 Å². The lowest BCUT2D eigenvalue weighted by molar-refractivity contribution is 0.0903. The molecular weight excluding hydrogens is 366 g/mol. The number of nitrogens with zero attached hydrogens (tertiary/aromatic N) is 2. The molecule has 7 heteroatoms. The number of halogens is 1. The molecule has 1 amide bonds. The quantitative estimate of drug-likeness (QED) is 0.708. The summed E-state index contributed by atoms with van der Waals surface area (Å²) >= 11 is 5.94. The first-order valence-corrected chi connectivity index (χ1v) is 8.90. The second-order valence-electron chi connectivity index (χ2n) is 6.32. The molecule has 0 unspecified atom stereocenters. The molecule has 0 bridgehead atoms. The van der Waals surface area contributed by atoms with Crippen molar-refractivity contribution in [2.45, 2.75) is 19.5 Å². The van der Waals surface area contributed by atoms with Crippen molar-refractivity contribution in [3.63, 3.8) is 0 Å². The van der Waals surface area contributed by atoms with Crippen LogP contribution in [0, 0.1) is 0 Å². The molecule has 0 spiro atoms. The molecule has 0 aliphatic heterocycles. The minimum absolute atomic E-state index is 0.0763. The van der Waals surface area contributed by atoms with Crippen LogP contribution in [0.1, 0.15) is 22.8 Å². The van der Waals surface area contributed by atoms with Crippen LogP contribution >= 0.6 is 11.6 Å². The van der Waals surface area contributed by atoms with Gasteiger partial charge in [-0.2, -0.15) is 0 Å². The van der Waals surface area contributed by atoms with Gasteiger partial charge in [0.1, 0.15) is 11.2 Å². The van der Waals surface area contributed by atoms with Gasteiger partial charge in [-0.1, -0.05) is 23.7 Å². The fraction of sp³-hybridized carbons (Fsp3) is 0.250. The lowest BCUT2D eigenvalue weighted by Gasteiger charge is -2.15. The van der Waals surface area contributed by atoms with Crippen LogP contribution in [-0.4, -0.2) is 35.2 Å². The highest BCUT2D eigenvalue weighted by Gasteiger charge is 2.18. The number of methoxy groups -OCH3 is 1. The van der Waals surface area contributed by atoms with E-state index >= 15 is 0 Å². The predicted molar refractivity (Wildman–Crippen MR) is 105 cm³/mol. The highest BCUT2D eigenvalue weighted by atomic mass is 35.5. The van der Waals surface area contributed by atoms with Gasteiger partial charge in [0.25, 0.3) is 11.5 Å². The van der Waals surface area contributed by atoms with E-state index in [1.807, 2.05) is 25.1 Å². The Morgan fingerprint density at radius 2 is 2.04 bits per heavy atom. The first kappa shape index (κ1) is 19.1. The van der Waals surface area contributed by atoms with Gasteiger partial charge in [-0.05, 0) is 42.8 Å². The van der Waals surface area contributed by atoms with Crippen molar-refractivity contribution in [2.24, 2.45) is 0 Å². The van der Waals surface area contributed by atoms with Crippen LogP contribution in [-0.2, 0) is 11.3 Å². The molecule has 0 saturated heterocycles. The van der Waals surface area contributed by atoms with E-state index < -0.39 is 11.5 Å². The molecular formula is C20H20ClN3O3. The van der Waals surface area contributed by atoms with E-state index in [4.69, 9.17) is 16.3 Å². The van der Waals surface area contributed by atoms with Gasteiger partial charge in [-0.15, -0.1) is 0 Å². The van der Waals surface area contributed by atoms with Crippen LogP contribution in [0.3, 0.4) is 0 Å². The average molecular weight is 386 g/mol. The summed E-state index contributed by atoms with van der Waals surface area (Å²) in [6, 6.07) is 12.2. The number of fused-ring (bicyclic) bond motifs is 1. The second-order valence-corrected chi connectivity index (χ2v) is 6.76. The van der Waals surface area contributed by atoms with Crippen LogP contribution < -0.4 is 10.9 Å². The minimum Gasteiger partial charge on any atom is -0.383 e. The van der Waals surface area contributed by atoms with Gasteiger partial charge in [0.2, 0.25) is 0 Å². The monoisotopic (exact) mass is 385 g/mol. The summed E-state index contributed by atoms with van der Waals surface area (Å²) in [6.45, 7) is 2.47. The van der Waals surface area contributed by atoms with Gasteiger partial charge in [0.05, 0.1) is 13.2 Å². The Bertz CT molecular complexity index is 1020. The maximum absolute atomic E-state index is 13.0. The van der Waals surface area contributed by atoms with Gasteiger partial charge >= 0.3 is 0 Å². The number of amides is 1. The van der Waals surface area contributed by atoms with Crippen molar-refractivity contribution in [1.29, 1.82) is 0 Å². The van der Waals surface area contributed by atoms with Crippen molar-refractivity contribution in [1.82, 2.24) is 14.9 Å². The summed E-state index contributed by atoms with van der Waals surface area (Å²) in [5, 5.41) is 4.12. The van der Waals surface area contributed by atoms with E-state index in [2.05, 4.69) is 10.3 Å². The number of benzene rings is 1. The maximum atomic E-state index is 13.0. The Kier molecular flexibility index (Phi) is 5.88. The molecule has 2 heterocycles. The number of hydrogen-bond acceptors (Lipinski definition) is 4. The molecule has 3 rings (SSSR count). The normalized spacial score (nSPS) is 12.1. The molecule has 1 N–H and O–H groups in total. The van der Waals surface area contributed by atoms with Crippen LogP contribution in [0.5, 0.6) is 0 Å². The van der Waals surface area contributed by atoms with E-state index in [-0.39, 0.29) is 18.2 Å². The van der Waals surface area contributed by atoms with Crippen LogP contribution in [0.4, 0.5) is 0 Å². The summed E-state index contributed by atoms with van der Waals surface area (Å²) in [4.78, 5) is 30.0. The van der Waals surface area contributed by atoms with Gasteiger partial charge < -0.3 is 10.1 Å². The maximum Gasteiger partial charge on any atom is 0.265 e. The Balaban J connectivity index is 2.05. The van der Waals surface area contributed by atoms with Gasteiger partial charge in [0.15, 0.2) is 0 Å². The first-order chi connectivity index (χ1) is 13.0. The SMILES string of the molecule is COC[C@@H](C)NC(=O)c1cc2cccnc2n(Cc2ccc(Cl)cc2)c1=O. The molecule has 1 atom stereocenters. The third-order valence-corrected chi connectivity index (χ3v) is 4.39. The molecule has 2 aromatic heterocycles. The third-order valence-electron chi connectivity index (χ3n) is 4.14. The standard InChI is InChI=1S/C20H20ClN3O3/c1-13(12-27-2)23-19(25)17-10-15-4-3-9-22-18(15)24(20(17)26)11-14-5-7-16(21)8-6-14/h3-10,13H,11-12H2,1-2H3,(H,23,25)/t13-/m1/s1.